The maximum Gasteiger partial charge on any atom is 0.419 e. The highest BCUT2D eigenvalue weighted by Crippen LogP contribution is 2.18. The molecule has 1 N–H and O–H groups in total. The van der Waals surface area contributed by atoms with Gasteiger partial charge >= 0.3 is 5.76 Å². The first-order chi connectivity index (χ1) is 11.4. The second-order valence-corrected chi connectivity index (χ2v) is 8.12. The Bertz CT molecular complexity index is 878. The van der Waals surface area contributed by atoms with Gasteiger partial charge in [-0.25, -0.2) is 17.9 Å². The average Bonchev–Trinajstić information content (AvgIpc) is 2.87. The van der Waals surface area contributed by atoms with E-state index in [9.17, 15) is 13.2 Å². The summed E-state index contributed by atoms with van der Waals surface area (Å²) in [5.41, 5.74) is 0.843. The first-order valence-electron chi connectivity index (χ1n) is 8.22. The lowest BCUT2D eigenvalue weighted by Gasteiger charge is -2.32. The van der Waals surface area contributed by atoms with Gasteiger partial charge in [-0.2, -0.15) is 0 Å². The number of hydrogen-bond donors (Lipinski definition) is 1. The number of nitrogens with one attached hydrogen (secondary N) is 1. The Labute approximate surface area is 141 Å². The van der Waals surface area contributed by atoms with Gasteiger partial charge in [0, 0.05) is 25.7 Å². The van der Waals surface area contributed by atoms with Gasteiger partial charge in [0.1, 0.15) is 0 Å². The van der Waals surface area contributed by atoms with Crippen molar-refractivity contribution in [3.63, 3.8) is 0 Å². The van der Waals surface area contributed by atoms with Gasteiger partial charge in [-0.15, -0.1) is 0 Å². The Kier molecular flexibility index (Phi) is 4.80. The van der Waals surface area contributed by atoms with Gasteiger partial charge in [-0.3, -0.25) is 9.47 Å². The number of fused-ring (bicyclic) bond motifs is 1. The summed E-state index contributed by atoms with van der Waals surface area (Å²) in [5.74, 6) is -0.508. The Balaban J connectivity index is 1.74. The summed E-state index contributed by atoms with van der Waals surface area (Å²) in [6.45, 7) is 4.43. The molecule has 0 spiro atoms. The van der Waals surface area contributed by atoms with E-state index in [0.717, 1.165) is 13.1 Å². The molecule has 0 aliphatic carbocycles. The van der Waals surface area contributed by atoms with E-state index in [1.807, 2.05) is 6.92 Å². The Hall–Kier alpha value is -1.64. The number of nitrogens with zero attached hydrogens (tertiary/aromatic N) is 2. The van der Waals surface area contributed by atoms with E-state index < -0.39 is 15.8 Å². The fraction of sp³-hybridized carbons (Fsp3) is 0.562. The summed E-state index contributed by atoms with van der Waals surface area (Å²) >= 11 is 0. The summed E-state index contributed by atoms with van der Waals surface area (Å²) in [5, 5.41) is 0. The summed E-state index contributed by atoms with van der Waals surface area (Å²) in [4.78, 5) is 13.9. The number of aryl methyl sites for hydroxylation is 1. The second kappa shape index (κ2) is 6.70. The van der Waals surface area contributed by atoms with Crippen LogP contribution >= 0.6 is 0 Å². The van der Waals surface area contributed by atoms with Crippen LogP contribution < -0.4 is 10.5 Å². The van der Waals surface area contributed by atoms with Crippen molar-refractivity contribution >= 4 is 21.1 Å². The summed E-state index contributed by atoms with van der Waals surface area (Å²) in [7, 11) is -2.05. The van der Waals surface area contributed by atoms with E-state index in [4.69, 9.17) is 4.42 Å². The predicted octanol–water partition coefficient (Wildman–Crippen LogP) is 1.28. The van der Waals surface area contributed by atoms with E-state index in [0.29, 0.717) is 12.1 Å². The third kappa shape index (κ3) is 3.40. The molecule has 0 radical (unpaired) electrons. The first kappa shape index (κ1) is 17.2. The van der Waals surface area contributed by atoms with Crippen molar-refractivity contribution in [2.24, 2.45) is 7.05 Å². The monoisotopic (exact) mass is 353 g/mol. The van der Waals surface area contributed by atoms with E-state index in [1.165, 1.54) is 36.0 Å². The predicted molar refractivity (Wildman–Crippen MR) is 91.5 cm³/mol. The van der Waals surface area contributed by atoms with E-state index >= 15 is 0 Å². The normalized spacial score (nSPS) is 18.1. The first-order valence-corrected chi connectivity index (χ1v) is 9.70. The molecule has 1 unspecified atom stereocenters. The van der Waals surface area contributed by atoms with Crippen molar-refractivity contribution in [1.82, 2.24) is 14.2 Å². The number of likely N-dealkylation sites (tertiary alicyclic amines) is 1. The van der Waals surface area contributed by atoms with Gasteiger partial charge in [0.2, 0.25) is 10.0 Å². The average molecular weight is 353 g/mol. The summed E-state index contributed by atoms with van der Waals surface area (Å²) < 4.78 is 34.1. The smallest absolute Gasteiger partial charge is 0.408 e. The summed E-state index contributed by atoms with van der Waals surface area (Å²) in [6, 6.07) is 4.62. The zero-order valence-corrected chi connectivity index (χ0v) is 14.8. The van der Waals surface area contributed by atoms with Gasteiger partial charge < -0.3 is 4.42 Å². The molecule has 3 rings (SSSR count). The Morgan fingerprint density at radius 1 is 1.25 bits per heavy atom. The third-order valence-electron chi connectivity index (χ3n) is 4.66. The molecule has 0 amide bonds. The maximum absolute atomic E-state index is 12.5. The zero-order valence-electron chi connectivity index (χ0n) is 14.0. The quantitative estimate of drug-likeness (QED) is 0.875. The molecule has 1 aromatic heterocycles. The molecule has 1 aliphatic rings. The van der Waals surface area contributed by atoms with Gasteiger partial charge in [-0.1, -0.05) is 6.42 Å². The van der Waals surface area contributed by atoms with Crippen molar-refractivity contribution in [2.75, 3.05) is 19.6 Å². The van der Waals surface area contributed by atoms with E-state index in [2.05, 4.69) is 9.62 Å². The molecule has 2 heterocycles. The zero-order chi connectivity index (χ0) is 17.3. The lowest BCUT2D eigenvalue weighted by atomic mass is 10.1. The highest BCUT2D eigenvalue weighted by atomic mass is 32.2. The second-order valence-electron chi connectivity index (χ2n) is 6.35. The van der Waals surface area contributed by atoms with Crippen molar-refractivity contribution in [3.8, 4) is 0 Å². The molecule has 0 saturated carbocycles. The third-order valence-corrected chi connectivity index (χ3v) is 6.08. The van der Waals surface area contributed by atoms with Crippen LogP contribution in [0.4, 0.5) is 0 Å². The number of oxazole rings is 1. The van der Waals surface area contributed by atoms with Crippen molar-refractivity contribution in [3.05, 3.63) is 28.7 Å². The molecule has 2 aromatic rings. The van der Waals surface area contributed by atoms with Crippen LogP contribution in [0, 0.1) is 0 Å². The van der Waals surface area contributed by atoms with E-state index in [-0.39, 0.29) is 16.5 Å². The molecule has 8 heteroatoms. The molecule has 1 aromatic carbocycles. The molecule has 1 fully saturated rings. The van der Waals surface area contributed by atoms with Crippen molar-refractivity contribution in [1.29, 1.82) is 0 Å². The number of piperidine rings is 1. The minimum absolute atomic E-state index is 0.107. The van der Waals surface area contributed by atoms with Crippen molar-refractivity contribution in [2.45, 2.75) is 37.1 Å². The number of hydrogen-bond acceptors (Lipinski definition) is 5. The molecular formula is C16H23N3O4S. The van der Waals surface area contributed by atoms with Crippen LogP contribution in [-0.2, 0) is 17.1 Å². The lowest BCUT2D eigenvalue weighted by molar-refractivity contribution is 0.175. The van der Waals surface area contributed by atoms with Gasteiger partial charge in [-0.05, 0) is 45.0 Å². The van der Waals surface area contributed by atoms with Crippen molar-refractivity contribution < 1.29 is 12.8 Å². The molecule has 0 bridgehead atoms. The summed E-state index contributed by atoms with van der Waals surface area (Å²) in [6.07, 6.45) is 3.58. The molecular weight excluding hydrogens is 330 g/mol. The van der Waals surface area contributed by atoms with Crippen LogP contribution in [-0.4, -0.2) is 43.6 Å². The minimum Gasteiger partial charge on any atom is -0.408 e. The number of sulfonamides is 1. The van der Waals surface area contributed by atoms with Gasteiger partial charge in [0.05, 0.1) is 10.4 Å². The fourth-order valence-corrected chi connectivity index (χ4v) is 4.22. The van der Waals surface area contributed by atoms with E-state index in [1.54, 1.807) is 13.1 Å². The van der Waals surface area contributed by atoms with Crippen LogP contribution in [0.15, 0.2) is 32.3 Å². The highest BCUT2D eigenvalue weighted by molar-refractivity contribution is 7.89. The van der Waals surface area contributed by atoms with Crippen LogP contribution in [0.1, 0.15) is 26.2 Å². The van der Waals surface area contributed by atoms with Crippen LogP contribution in [0.3, 0.4) is 0 Å². The Morgan fingerprint density at radius 2 is 1.96 bits per heavy atom. The van der Waals surface area contributed by atoms with Gasteiger partial charge in [0.15, 0.2) is 5.58 Å². The number of benzene rings is 1. The van der Waals surface area contributed by atoms with Crippen LogP contribution in [0.2, 0.25) is 0 Å². The highest BCUT2D eigenvalue weighted by Gasteiger charge is 2.21. The maximum atomic E-state index is 12.5. The molecule has 132 valence electrons. The largest absolute Gasteiger partial charge is 0.419 e. The Morgan fingerprint density at radius 3 is 2.67 bits per heavy atom. The molecule has 1 atom stereocenters. The van der Waals surface area contributed by atoms with Crippen LogP contribution in [0.5, 0.6) is 0 Å². The number of aromatic nitrogens is 1. The van der Waals surface area contributed by atoms with Crippen LogP contribution in [0.25, 0.3) is 11.1 Å². The molecule has 24 heavy (non-hydrogen) atoms. The number of rotatable bonds is 5. The minimum atomic E-state index is -3.64. The van der Waals surface area contributed by atoms with Gasteiger partial charge in [0.25, 0.3) is 0 Å². The fourth-order valence-electron chi connectivity index (χ4n) is 3.08. The molecule has 7 nitrogen and oxygen atoms in total. The topological polar surface area (TPSA) is 84.5 Å². The SMILES string of the molecule is CC(CNS(=O)(=O)c1ccc2c(c1)oc(=O)n2C)N1CCCCC1. The molecule has 1 saturated heterocycles. The lowest BCUT2D eigenvalue weighted by Crippen LogP contribution is -2.44. The molecule has 1 aliphatic heterocycles. The standard InChI is InChI=1S/C16H23N3O4S/c1-12(19-8-4-3-5-9-19)11-17-24(21,22)13-6-7-14-15(10-13)23-16(20)18(14)2/h6-7,10,12,17H,3-5,8-9,11H2,1-2H3.